The molecule has 1 unspecified atom stereocenters. The van der Waals surface area contributed by atoms with E-state index >= 15 is 0 Å². The van der Waals surface area contributed by atoms with Gasteiger partial charge < -0.3 is 4.74 Å². The van der Waals surface area contributed by atoms with Gasteiger partial charge in [-0.3, -0.25) is 15.1 Å². The summed E-state index contributed by atoms with van der Waals surface area (Å²) in [7, 11) is 5.92. The van der Waals surface area contributed by atoms with E-state index in [2.05, 4.69) is 20.6 Å². The van der Waals surface area contributed by atoms with Crippen LogP contribution in [0, 0.1) is 5.82 Å². The molecule has 3 heterocycles. The van der Waals surface area contributed by atoms with Crippen molar-refractivity contribution in [3.8, 4) is 11.1 Å². The molecule has 10 heteroatoms. The standard InChI is InChI=1S/C17H13BF3N5O/c1-8-23-24-14(27-8)7-26-13-5-10(6-22-15(13)16(18)25-26)9-2-3-12(19)11(4-9)17(20)21/h2-6,14,17,24H,7H2,1H3. The number of nitrogens with zero attached hydrogens (tertiary/aromatic N) is 4. The van der Waals surface area contributed by atoms with Crippen LogP contribution in [0.25, 0.3) is 22.2 Å². The van der Waals surface area contributed by atoms with Gasteiger partial charge in [-0.2, -0.15) is 5.10 Å². The Hall–Kier alpha value is -3.04. The average molecular weight is 371 g/mol. The lowest BCUT2D eigenvalue weighted by molar-refractivity contribution is 0.146. The summed E-state index contributed by atoms with van der Waals surface area (Å²) in [6.07, 6.45) is -1.82. The third-order valence-electron chi connectivity index (χ3n) is 4.20. The quantitative estimate of drug-likeness (QED) is 0.715. The Kier molecular flexibility index (Phi) is 4.25. The molecule has 0 bridgehead atoms. The lowest BCUT2D eigenvalue weighted by Gasteiger charge is -2.12. The maximum absolute atomic E-state index is 13.6. The summed E-state index contributed by atoms with van der Waals surface area (Å²) in [6.45, 7) is 2.03. The molecular formula is C17H13BF3N5O. The monoisotopic (exact) mass is 371 g/mol. The fraction of sp³-hybridized carbons (Fsp3) is 0.235. The highest BCUT2D eigenvalue weighted by atomic mass is 19.3. The Morgan fingerprint density at radius 2 is 2.11 bits per heavy atom. The first-order chi connectivity index (χ1) is 12.9. The second kappa shape index (κ2) is 6.60. The van der Waals surface area contributed by atoms with Crippen molar-refractivity contribution < 1.29 is 17.9 Å². The Morgan fingerprint density at radius 1 is 1.30 bits per heavy atom. The number of hydrazone groups is 1. The first-order valence-corrected chi connectivity index (χ1v) is 8.09. The van der Waals surface area contributed by atoms with E-state index in [1.54, 1.807) is 17.7 Å². The number of hydrogen-bond donors (Lipinski definition) is 1. The Balaban J connectivity index is 1.73. The third-order valence-corrected chi connectivity index (χ3v) is 4.20. The Bertz CT molecular complexity index is 1050. The van der Waals surface area contributed by atoms with Gasteiger partial charge in [-0.05, 0) is 23.8 Å². The lowest BCUT2D eigenvalue weighted by atomic mass is 10.0. The van der Waals surface area contributed by atoms with Crippen LogP contribution in [-0.4, -0.2) is 34.7 Å². The van der Waals surface area contributed by atoms with Crippen molar-refractivity contribution in [1.82, 2.24) is 20.2 Å². The molecule has 1 aliphatic rings. The van der Waals surface area contributed by atoms with Gasteiger partial charge in [-0.1, -0.05) is 6.07 Å². The maximum atomic E-state index is 13.6. The lowest BCUT2D eigenvalue weighted by Crippen LogP contribution is -2.28. The van der Waals surface area contributed by atoms with Gasteiger partial charge in [-0.25, -0.2) is 13.2 Å². The predicted molar refractivity (Wildman–Crippen MR) is 94.4 cm³/mol. The van der Waals surface area contributed by atoms with Crippen molar-refractivity contribution in [1.29, 1.82) is 0 Å². The van der Waals surface area contributed by atoms with Crippen molar-refractivity contribution in [3.63, 3.8) is 0 Å². The number of alkyl halides is 2. The summed E-state index contributed by atoms with van der Waals surface area (Å²) < 4.78 is 46.6. The van der Waals surface area contributed by atoms with Crippen LogP contribution in [0.15, 0.2) is 35.6 Å². The molecule has 136 valence electrons. The fourth-order valence-electron chi connectivity index (χ4n) is 2.92. The molecule has 4 rings (SSSR count). The van der Waals surface area contributed by atoms with E-state index in [9.17, 15) is 13.2 Å². The van der Waals surface area contributed by atoms with Crippen molar-refractivity contribution >= 4 is 30.4 Å². The molecular weight excluding hydrogens is 358 g/mol. The van der Waals surface area contributed by atoms with E-state index in [-0.39, 0.29) is 5.59 Å². The molecule has 0 aliphatic carbocycles. The topological polar surface area (TPSA) is 64.3 Å². The van der Waals surface area contributed by atoms with Crippen molar-refractivity contribution in [2.24, 2.45) is 5.10 Å². The number of nitrogens with one attached hydrogen (secondary N) is 1. The van der Waals surface area contributed by atoms with Gasteiger partial charge in [0.15, 0.2) is 0 Å². The summed E-state index contributed by atoms with van der Waals surface area (Å²) in [4.78, 5) is 4.28. The molecule has 1 N–H and O–H groups in total. The predicted octanol–water partition coefficient (Wildman–Crippen LogP) is 2.25. The Morgan fingerprint density at radius 3 is 2.81 bits per heavy atom. The van der Waals surface area contributed by atoms with Crippen LogP contribution in [0.3, 0.4) is 0 Å². The SMILES string of the molecule is [B]c1nn(CC2NN=C(C)O2)c2cc(-c3ccc(F)c(C(F)F)c3)cnc12. The molecule has 1 atom stereocenters. The number of rotatable bonds is 4. The van der Waals surface area contributed by atoms with E-state index in [0.29, 0.717) is 34.6 Å². The molecule has 0 spiro atoms. The van der Waals surface area contributed by atoms with E-state index < -0.39 is 24.0 Å². The van der Waals surface area contributed by atoms with E-state index in [1.165, 1.54) is 12.3 Å². The van der Waals surface area contributed by atoms with Crippen molar-refractivity contribution in [2.75, 3.05) is 0 Å². The number of fused-ring (bicyclic) bond motifs is 1. The number of hydrogen-bond acceptors (Lipinski definition) is 5. The minimum atomic E-state index is -2.91. The van der Waals surface area contributed by atoms with Crippen LogP contribution in [0.1, 0.15) is 18.9 Å². The van der Waals surface area contributed by atoms with E-state index in [0.717, 1.165) is 12.1 Å². The number of ether oxygens (including phenoxy) is 1. The summed E-state index contributed by atoms with van der Waals surface area (Å²) in [5.74, 6) is -0.439. The first kappa shape index (κ1) is 17.4. The zero-order chi connectivity index (χ0) is 19.1. The van der Waals surface area contributed by atoms with Crippen molar-refractivity contribution in [3.05, 3.63) is 41.8 Å². The second-order valence-electron chi connectivity index (χ2n) is 6.06. The van der Waals surface area contributed by atoms with Crippen LogP contribution < -0.4 is 11.0 Å². The highest BCUT2D eigenvalue weighted by Gasteiger charge is 2.20. The van der Waals surface area contributed by atoms with Crippen LogP contribution in [0.4, 0.5) is 13.2 Å². The smallest absolute Gasteiger partial charge is 0.266 e. The number of halogens is 3. The number of benzene rings is 1. The number of aromatic nitrogens is 3. The molecule has 0 fully saturated rings. The largest absolute Gasteiger partial charge is 0.453 e. The third kappa shape index (κ3) is 3.22. The molecule has 0 saturated heterocycles. The van der Waals surface area contributed by atoms with Crippen LogP contribution in [-0.2, 0) is 11.3 Å². The molecule has 0 amide bonds. The molecule has 1 aromatic carbocycles. The molecule has 6 nitrogen and oxygen atoms in total. The Labute approximate surface area is 153 Å². The van der Waals surface area contributed by atoms with Crippen molar-refractivity contribution in [2.45, 2.75) is 26.1 Å². The summed E-state index contributed by atoms with van der Waals surface area (Å²) in [5, 5.41) is 8.20. The second-order valence-corrected chi connectivity index (χ2v) is 6.06. The van der Waals surface area contributed by atoms with E-state index in [4.69, 9.17) is 12.6 Å². The average Bonchev–Trinajstić information content (AvgIpc) is 3.18. The minimum absolute atomic E-state index is 0.236. The van der Waals surface area contributed by atoms with Gasteiger partial charge in [0.1, 0.15) is 19.2 Å². The van der Waals surface area contributed by atoms with Gasteiger partial charge >= 0.3 is 0 Å². The van der Waals surface area contributed by atoms with Gasteiger partial charge in [0, 0.05) is 24.3 Å². The van der Waals surface area contributed by atoms with Crippen LogP contribution >= 0.6 is 0 Å². The molecule has 2 aromatic heterocycles. The molecule has 1 aliphatic heterocycles. The highest BCUT2D eigenvalue weighted by Crippen LogP contribution is 2.29. The van der Waals surface area contributed by atoms with Crippen LogP contribution in [0.2, 0.25) is 0 Å². The van der Waals surface area contributed by atoms with Gasteiger partial charge in [0.05, 0.1) is 17.6 Å². The minimum Gasteiger partial charge on any atom is -0.453 e. The van der Waals surface area contributed by atoms with Crippen LogP contribution in [0.5, 0.6) is 0 Å². The molecule has 3 aromatic rings. The summed E-state index contributed by atoms with van der Waals surface area (Å²) in [5.41, 5.74) is 4.44. The zero-order valence-electron chi connectivity index (χ0n) is 14.2. The highest BCUT2D eigenvalue weighted by molar-refractivity contribution is 6.36. The molecule has 27 heavy (non-hydrogen) atoms. The summed E-state index contributed by atoms with van der Waals surface area (Å²) >= 11 is 0. The number of pyridine rings is 1. The first-order valence-electron chi connectivity index (χ1n) is 8.09. The fourth-order valence-corrected chi connectivity index (χ4v) is 2.92. The van der Waals surface area contributed by atoms with Gasteiger partial charge in [0.2, 0.25) is 12.1 Å². The van der Waals surface area contributed by atoms with E-state index in [1.807, 2.05) is 0 Å². The molecule has 2 radical (unpaired) electrons. The van der Waals surface area contributed by atoms with Gasteiger partial charge in [-0.15, -0.1) is 5.10 Å². The maximum Gasteiger partial charge on any atom is 0.266 e. The normalized spacial score (nSPS) is 16.5. The zero-order valence-corrected chi connectivity index (χ0v) is 14.2. The molecule has 0 saturated carbocycles. The van der Waals surface area contributed by atoms with Gasteiger partial charge in [0.25, 0.3) is 6.43 Å². The summed E-state index contributed by atoms with van der Waals surface area (Å²) in [6, 6.07) is 5.28.